The maximum atomic E-state index is 11.8. The van der Waals surface area contributed by atoms with Crippen molar-refractivity contribution >= 4 is 23.2 Å². The van der Waals surface area contributed by atoms with E-state index >= 15 is 0 Å². The van der Waals surface area contributed by atoms with Crippen LogP contribution in [0.15, 0.2) is 12.1 Å². The van der Waals surface area contributed by atoms with Crippen LogP contribution in [0.2, 0.25) is 5.02 Å². The van der Waals surface area contributed by atoms with E-state index in [2.05, 4.69) is 9.72 Å². The van der Waals surface area contributed by atoms with Gasteiger partial charge in [0.25, 0.3) is 0 Å². The molecule has 0 fully saturated rings. The molecule has 0 saturated carbocycles. The Morgan fingerprint density at radius 3 is 2.50 bits per heavy atom. The molecule has 0 N–H and O–H groups in total. The van der Waals surface area contributed by atoms with Crippen molar-refractivity contribution in [3.63, 3.8) is 0 Å². The number of halogens is 5. The summed E-state index contributed by atoms with van der Waals surface area (Å²) in [5.74, 6) is -0.692. The second kappa shape index (κ2) is 4.23. The minimum Gasteiger partial charge on any atom is -0.386 e. The Morgan fingerprint density at radius 2 is 2.00 bits per heavy atom. The Bertz CT molecular complexity index is 329. The van der Waals surface area contributed by atoms with Gasteiger partial charge in [-0.15, -0.1) is 24.8 Å². The molecule has 0 aliphatic rings. The predicted molar refractivity (Wildman–Crippen MR) is 45.5 cm³/mol. The fraction of sp³-hybridized carbons (Fsp3) is 0.286. The first-order valence-electron chi connectivity index (χ1n) is 3.39. The molecule has 1 rings (SSSR count). The molecule has 0 amide bonds. The summed E-state index contributed by atoms with van der Waals surface area (Å²) >= 11 is 10.8. The Morgan fingerprint density at radius 1 is 1.36 bits per heavy atom. The van der Waals surface area contributed by atoms with Gasteiger partial charge in [0.2, 0.25) is 5.88 Å². The standard InChI is InChI=1S/C7H4Cl2F3NO/c8-3-4-1-2-5(9)6(13-4)14-7(10,11)12/h1-2H,3H2. The van der Waals surface area contributed by atoms with Gasteiger partial charge >= 0.3 is 6.36 Å². The number of pyridine rings is 1. The van der Waals surface area contributed by atoms with Gasteiger partial charge in [0, 0.05) is 0 Å². The Kier molecular flexibility index (Phi) is 3.44. The summed E-state index contributed by atoms with van der Waals surface area (Å²) < 4.78 is 39.0. The predicted octanol–water partition coefficient (Wildman–Crippen LogP) is 3.37. The molecule has 78 valence electrons. The van der Waals surface area contributed by atoms with Crippen molar-refractivity contribution in [2.24, 2.45) is 0 Å². The second-order valence-electron chi connectivity index (χ2n) is 2.27. The zero-order chi connectivity index (χ0) is 10.8. The Labute approximate surface area is 87.6 Å². The van der Waals surface area contributed by atoms with Gasteiger partial charge in [-0.3, -0.25) is 0 Å². The highest BCUT2D eigenvalue weighted by Crippen LogP contribution is 2.28. The number of alkyl halides is 4. The minimum absolute atomic E-state index is 0.00855. The Balaban J connectivity index is 2.95. The third-order valence-corrected chi connectivity index (χ3v) is 1.78. The van der Waals surface area contributed by atoms with Crippen molar-refractivity contribution in [2.45, 2.75) is 12.2 Å². The van der Waals surface area contributed by atoms with Crippen LogP contribution < -0.4 is 4.74 Å². The van der Waals surface area contributed by atoms with Gasteiger partial charge in [-0.1, -0.05) is 11.6 Å². The number of hydrogen-bond donors (Lipinski definition) is 0. The number of aromatic nitrogens is 1. The van der Waals surface area contributed by atoms with Crippen molar-refractivity contribution < 1.29 is 17.9 Å². The highest BCUT2D eigenvalue weighted by atomic mass is 35.5. The molecule has 0 atom stereocenters. The van der Waals surface area contributed by atoms with Crippen LogP contribution >= 0.6 is 23.2 Å². The van der Waals surface area contributed by atoms with Gasteiger partial charge < -0.3 is 4.74 Å². The smallest absolute Gasteiger partial charge is 0.386 e. The van der Waals surface area contributed by atoms with E-state index in [9.17, 15) is 13.2 Å². The molecule has 0 spiro atoms. The fourth-order valence-electron chi connectivity index (χ4n) is 0.717. The van der Waals surface area contributed by atoms with Crippen LogP contribution in [0.1, 0.15) is 5.69 Å². The molecule has 0 aliphatic heterocycles. The summed E-state index contributed by atoms with van der Waals surface area (Å²) in [4.78, 5) is 3.47. The maximum Gasteiger partial charge on any atom is 0.574 e. The van der Waals surface area contributed by atoms with Crippen LogP contribution in [-0.4, -0.2) is 11.3 Å². The number of ether oxygens (including phenoxy) is 1. The van der Waals surface area contributed by atoms with E-state index in [1.807, 2.05) is 0 Å². The molecule has 0 aromatic carbocycles. The molecule has 1 heterocycles. The molecule has 7 heteroatoms. The van der Waals surface area contributed by atoms with Gasteiger partial charge in [-0.05, 0) is 12.1 Å². The summed E-state index contributed by atoms with van der Waals surface area (Å²) in [6, 6.07) is 2.66. The SMILES string of the molecule is FC(F)(F)Oc1nc(CCl)ccc1Cl. The van der Waals surface area contributed by atoms with Crippen molar-refractivity contribution in [1.29, 1.82) is 0 Å². The molecule has 1 aromatic heterocycles. The lowest BCUT2D eigenvalue weighted by atomic mass is 10.4. The van der Waals surface area contributed by atoms with Crippen molar-refractivity contribution in [3.8, 4) is 5.88 Å². The summed E-state index contributed by atoms with van der Waals surface area (Å²) in [6.07, 6.45) is -4.80. The second-order valence-corrected chi connectivity index (χ2v) is 2.95. The van der Waals surface area contributed by atoms with Gasteiger partial charge in [0.15, 0.2) is 0 Å². The lowest BCUT2D eigenvalue weighted by Crippen LogP contribution is -2.18. The van der Waals surface area contributed by atoms with Gasteiger partial charge in [-0.25, -0.2) is 4.98 Å². The van der Waals surface area contributed by atoms with Gasteiger partial charge in [0.05, 0.1) is 11.6 Å². The maximum absolute atomic E-state index is 11.8. The summed E-state index contributed by atoms with van der Waals surface area (Å²) in [5.41, 5.74) is 0.260. The minimum atomic E-state index is -4.80. The fourth-order valence-corrected chi connectivity index (χ4v) is 1.01. The van der Waals surface area contributed by atoms with E-state index in [4.69, 9.17) is 23.2 Å². The molecule has 0 radical (unpaired) electrons. The first kappa shape index (κ1) is 11.4. The summed E-state index contributed by atoms with van der Waals surface area (Å²) in [5, 5.41) is -0.212. The quantitative estimate of drug-likeness (QED) is 0.746. The molecule has 0 unspecified atom stereocenters. The number of rotatable bonds is 2. The van der Waals surface area contributed by atoms with Crippen LogP contribution in [0.25, 0.3) is 0 Å². The van der Waals surface area contributed by atoms with E-state index in [1.54, 1.807) is 0 Å². The largest absolute Gasteiger partial charge is 0.574 e. The normalized spacial score (nSPS) is 11.5. The van der Waals surface area contributed by atoms with Crippen LogP contribution in [-0.2, 0) is 5.88 Å². The molecule has 1 aromatic rings. The van der Waals surface area contributed by atoms with Gasteiger partial charge in [-0.2, -0.15) is 0 Å². The molecule has 0 aliphatic carbocycles. The van der Waals surface area contributed by atoms with Crippen LogP contribution in [0.5, 0.6) is 5.88 Å². The topological polar surface area (TPSA) is 22.1 Å². The molecule has 0 saturated heterocycles. The first-order valence-corrected chi connectivity index (χ1v) is 4.31. The highest BCUT2D eigenvalue weighted by Gasteiger charge is 2.32. The van der Waals surface area contributed by atoms with E-state index in [-0.39, 0.29) is 16.6 Å². The van der Waals surface area contributed by atoms with Crippen molar-refractivity contribution in [2.75, 3.05) is 0 Å². The molecule has 14 heavy (non-hydrogen) atoms. The van der Waals surface area contributed by atoms with E-state index in [0.29, 0.717) is 0 Å². The molecule has 2 nitrogen and oxygen atoms in total. The van der Waals surface area contributed by atoms with E-state index in [1.165, 1.54) is 12.1 Å². The monoisotopic (exact) mass is 245 g/mol. The van der Waals surface area contributed by atoms with Crippen LogP contribution in [0.4, 0.5) is 13.2 Å². The van der Waals surface area contributed by atoms with E-state index in [0.717, 1.165) is 0 Å². The zero-order valence-corrected chi connectivity index (χ0v) is 8.12. The van der Waals surface area contributed by atoms with Gasteiger partial charge in [0.1, 0.15) is 5.02 Å². The zero-order valence-electron chi connectivity index (χ0n) is 6.61. The lowest BCUT2D eigenvalue weighted by molar-refractivity contribution is -0.276. The number of hydrogen-bond acceptors (Lipinski definition) is 2. The first-order chi connectivity index (χ1) is 6.42. The summed E-state index contributed by atoms with van der Waals surface area (Å²) in [7, 11) is 0. The molecular formula is C7H4Cl2F3NO. The molecule has 0 bridgehead atoms. The van der Waals surface area contributed by atoms with Crippen molar-refractivity contribution in [3.05, 3.63) is 22.8 Å². The van der Waals surface area contributed by atoms with Crippen LogP contribution in [0, 0.1) is 0 Å². The van der Waals surface area contributed by atoms with E-state index < -0.39 is 12.2 Å². The van der Waals surface area contributed by atoms with Crippen molar-refractivity contribution in [1.82, 2.24) is 4.98 Å². The lowest BCUT2D eigenvalue weighted by Gasteiger charge is -2.09. The average molecular weight is 246 g/mol. The summed E-state index contributed by atoms with van der Waals surface area (Å²) in [6.45, 7) is 0. The third-order valence-electron chi connectivity index (χ3n) is 1.22. The molecular weight excluding hydrogens is 242 g/mol. The number of nitrogens with zero attached hydrogens (tertiary/aromatic N) is 1. The Hall–Kier alpha value is -0.680. The van der Waals surface area contributed by atoms with Crippen LogP contribution in [0.3, 0.4) is 0 Å². The highest BCUT2D eigenvalue weighted by molar-refractivity contribution is 6.31. The average Bonchev–Trinajstić information content (AvgIpc) is 2.06. The third kappa shape index (κ3) is 3.23.